The van der Waals surface area contributed by atoms with Crippen molar-refractivity contribution in [2.45, 2.75) is 58.4 Å². The minimum Gasteiger partial charge on any atom is -0.471 e. The van der Waals surface area contributed by atoms with Gasteiger partial charge in [0.05, 0.1) is 0 Å². The van der Waals surface area contributed by atoms with Gasteiger partial charge < -0.3 is 20.1 Å². The molecule has 1 unspecified atom stereocenters. The molecule has 1 fully saturated rings. The molecule has 1 aromatic carbocycles. The summed E-state index contributed by atoms with van der Waals surface area (Å²) in [5.41, 5.74) is -1.95. The number of carbonyl (C=O) groups excluding carboxylic acids is 1. The molecule has 1 aliphatic heterocycles. The van der Waals surface area contributed by atoms with Gasteiger partial charge in [0.1, 0.15) is 23.8 Å². The van der Waals surface area contributed by atoms with Gasteiger partial charge in [-0.05, 0) is 46.2 Å². The molecule has 33 heavy (non-hydrogen) atoms. The van der Waals surface area contributed by atoms with Gasteiger partial charge in [-0.2, -0.15) is 4.98 Å². The molecule has 2 N–H and O–H groups in total. The average Bonchev–Trinajstić information content (AvgIpc) is 3.17. The molecule has 0 saturated carbocycles. The van der Waals surface area contributed by atoms with Crippen LogP contribution in [-0.4, -0.2) is 45.3 Å². The summed E-state index contributed by atoms with van der Waals surface area (Å²) in [7, 11) is 0. The SMILES string of the molecule is CC(C)n1c(N2CCC(NC(=O)C(C)(C)O)C2)nc(OCc2ccc(F)cc2F)c(Cl)c1=O. The number of nitrogens with one attached hydrogen (secondary N) is 1. The number of halogens is 3. The number of rotatable bonds is 7. The number of carbonyl (C=O) groups is 1. The van der Waals surface area contributed by atoms with E-state index in [0.29, 0.717) is 25.5 Å². The highest BCUT2D eigenvalue weighted by Gasteiger charge is 2.32. The van der Waals surface area contributed by atoms with E-state index in [2.05, 4.69) is 10.3 Å². The van der Waals surface area contributed by atoms with Crippen LogP contribution in [0, 0.1) is 11.6 Å². The molecular weight excluding hydrogens is 458 g/mol. The maximum absolute atomic E-state index is 14.0. The maximum Gasteiger partial charge on any atom is 0.277 e. The maximum atomic E-state index is 14.0. The third-order valence-corrected chi connectivity index (χ3v) is 5.59. The summed E-state index contributed by atoms with van der Waals surface area (Å²) < 4.78 is 34.1. The first kappa shape index (κ1) is 24.9. The van der Waals surface area contributed by atoms with Gasteiger partial charge >= 0.3 is 0 Å². The molecule has 1 aliphatic rings. The van der Waals surface area contributed by atoms with Crippen molar-refractivity contribution in [3.8, 4) is 5.88 Å². The smallest absolute Gasteiger partial charge is 0.277 e. The Morgan fingerprint density at radius 2 is 2.09 bits per heavy atom. The van der Waals surface area contributed by atoms with Crippen LogP contribution in [0.5, 0.6) is 5.88 Å². The van der Waals surface area contributed by atoms with Gasteiger partial charge in [0.25, 0.3) is 11.5 Å². The van der Waals surface area contributed by atoms with Crippen molar-refractivity contribution in [1.29, 1.82) is 0 Å². The van der Waals surface area contributed by atoms with Gasteiger partial charge in [-0.25, -0.2) is 8.78 Å². The number of aromatic nitrogens is 2. The summed E-state index contributed by atoms with van der Waals surface area (Å²) in [6, 6.07) is 2.56. The Hall–Kier alpha value is -2.72. The molecule has 0 bridgehead atoms. The Morgan fingerprint density at radius 1 is 1.39 bits per heavy atom. The van der Waals surface area contributed by atoms with Crippen LogP contribution >= 0.6 is 11.6 Å². The van der Waals surface area contributed by atoms with Crippen LogP contribution in [0.1, 0.15) is 45.7 Å². The van der Waals surface area contributed by atoms with Crippen molar-refractivity contribution in [3.63, 3.8) is 0 Å². The first-order chi connectivity index (χ1) is 15.4. The zero-order chi connectivity index (χ0) is 24.5. The largest absolute Gasteiger partial charge is 0.471 e. The summed E-state index contributed by atoms with van der Waals surface area (Å²) in [5.74, 6) is -1.86. The number of benzene rings is 1. The molecule has 8 nitrogen and oxygen atoms in total. The summed E-state index contributed by atoms with van der Waals surface area (Å²) in [6.45, 7) is 6.97. The first-order valence-electron chi connectivity index (χ1n) is 10.6. The molecule has 0 radical (unpaired) electrons. The Balaban J connectivity index is 1.87. The Kier molecular flexibility index (Phi) is 7.28. The third-order valence-electron chi connectivity index (χ3n) is 5.27. The van der Waals surface area contributed by atoms with Crippen LogP contribution in [0.25, 0.3) is 0 Å². The minimum atomic E-state index is -1.51. The lowest BCUT2D eigenvalue weighted by Gasteiger charge is -2.25. The van der Waals surface area contributed by atoms with Crippen molar-refractivity contribution in [2.75, 3.05) is 18.0 Å². The number of aliphatic hydroxyl groups is 1. The summed E-state index contributed by atoms with van der Waals surface area (Å²) in [4.78, 5) is 31.4. The zero-order valence-electron chi connectivity index (χ0n) is 18.9. The van der Waals surface area contributed by atoms with Crippen LogP contribution < -0.4 is 20.5 Å². The molecule has 1 aromatic heterocycles. The molecule has 1 saturated heterocycles. The van der Waals surface area contributed by atoms with E-state index in [1.54, 1.807) is 13.8 Å². The van der Waals surface area contributed by atoms with Gasteiger partial charge in [-0.3, -0.25) is 14.2 Å². The highest BCUT2D eigenvalue weighted by Crippen LogP contribution is 2.27. The molecule has 2 aromatic rings. The Bertz CT molecular complexity index is 1100. The molecule has 180 valence electrons. The lowest BCUT2D eigenvalue weighted by Crippen LogP contribution is -2.47. The predicted molar refractivity (Wildman–Crippen MR) is 120 cm³/mol. The van der Waals surface area contributed by atoms with E-state index in [-0.39, 0.29) is 35.2 Å². The number of ether oxygens (including phenoxy) is 1. The third kappa shape index (κ3) is 5.62. The first-order valence-corrected chi connectivity index (χ1v) is 10.9. The van der Waals surface area contributed by atoms with Crippen molar-refractivity contribution >= 4 is 23.5 Å². The number of anilines is 1. The molecular formula is C22H27ClF2N4O4. The van der Waals surface area contributed by atoms with Crippen molar-refractivity contribution < 1.29 is 23.4 Å². The fraction of sp³-hybridized carbons (Fsp3) is 0.500. The zero-order valence-corrected chi connectivity index (χ0v) is 19.6. The lowest BCUT2D eigenvalue weighted by atomic mass is 10.1. The van der Waals surface area contributed by atoms with Crippen LogP contribution in [0.15, 0.2) is 23.0 Å². The van der Waals surface area contributed by atoms with Crippen molar-refractivity contribution in [3.05, 3.63) is 50.8 Å². The highest BCUT2D eigenvalue weighted by atomic mass is 35.5. The van der Waals surface area contributed by atoms with Crippen LogP contribution in [-0.2, 0) is 11.4 Å². The molecule has 1 atom stereocenters. The summed E-state index contributed by atoms with van der Waals surface area (Å²) in [6.07, 6.45) is 0.579. The fourth-order valence-corrected chi connectivity index (χ4v) is 3.66. The van der Waals surface area contributed by atoms with E-state index in [9.17, 15) is 23.5 Å². The number of nitrogens with zero attached hydrogens (tertiary/aromatic N) is 3. The van der Waals surface area contributed by atoms with E-state index < -0.39 is 28.7 Å². The molecule has 0 spiro atoms. The quantitative estimate of drug-likeness (QED) is 0.627. The standard InChI is InChI=1S/C22H27ClF2N4O4/c1-12(2)29-19(30)17(23)18(33-11-13-5-6-14(24)9-16(13)25)27-21(29)28-8-7-15(10-28)26-20(31)22(3,4)32/h5-6,9,12,15,32H,7-8,10-11H2,1-4H3,(H,26,31). The topological polar surface area (TPSA) is 96.7 Å². The minimum absolute atomic E-state index is 0.0828. The monoisotopic (exact) mass is 484 g/mol. The van der Waals surface area contributed by atoms with Crippen LogP contribution in [0.4, 0.5) is 14.7 Å². The van der Waals surface area contributed by atoms with Gasteiger partial charge in [0.2, 0.25) is 11.8 Å². The van der Waals surface area contributed by atoms with E-state index in [1.807, 2.05) is 4.90 Å². The lowest BCUT2D eigenvalue weighted by molar-refractivity contribution is -0.137. The molecule has 0 aliphatic carbocycles. The Morgan fingerprint density at radius 3 is 2.70 bits per heavy atom. The number of hydrogen-bond acceptors (Lipinski definition) is 6. The number of hydrogen-bond donors (Lipinski definition) is 2. The predicted octanol–water partition coefficient (Wildman–Crippen LogP) is 2.80. The summed E-state index contributed by atoms with van der Waals surface area (Å²) in [5, 5.41) is 12.4. The summed E-state index contributed by atoms with van der Waals surface area (Å²) >= 11 is 6.22. The van der Waals surface area contributed by atoms with Gasteiger partial charge in [-0.15, -0.1) is 0 Å². The Labute approximate surface area is 195 Å². The fourth-order valence-electron chi connectivity index (χ4n) is 3.47. The van der Waals surface area contributed by atoms with Crippen molar-refractivity contribution in [1.82, 2.24) is 14.9 Å². The highest BCUT2D eigenvalue weighted by molar-refractivity contribution is 6.31. The van der Waals surface area contributed by atoms with Crippen molar-refractivity contribution in [2.24, 2.45) is 0 Å². The average molecular weight is 485 g/mol. The van der Waals surface area contributed by atoms with E-state index in [1.165, 1.54) is 24.5 Å². The normalized spacial score (nSPS) is 16.4. The van der Waals surface area contributed by atoms with Crippen LogP contribution in [0.2, 0.25) is 5.02 Å². The van der Waals surface area contributed by atoms with E-state index in [4.69, 9.17) is 16.3 Å². The second-order valence-electron chi connectivity index (χ2n) is 8.79. The molecule has 3 rings (SSSR count). The number of amides is 1. The van der Waals surface area contributed by atoms with Gasteiger partial charge in [0.15, 0.2) is 5.02 Å². The second kappa shape index (κ2) is 9.64. The molecule has 11 heteroatoms. The molecule has 1 amide bonds. The van der Waals surface area contributed by atoms with Gasteiger partial charge in [-0.1, -0.05) is 11.6 Å². The van der Waals surface area contributed by atoms with E-state index >= 15 is 0 Å². The van der Waals surface area contributed by atoms with E-state index in [0.717, 1.165) is 12.1 Å². The molecule has 2 heterocycles. The second-order valence-corrected chi connectivity index (χ2v) is 9.17. The van der Waals surface area contributed by atoms with Gasteiger partial charge in [0, 0.05) is 36.8 Å². The van der Waals surface area contributed by atoms with Crippen LogP contribution in [0.3, 0.4) is 0 Å².